The number of aliphatic hydroxyl groups excluding tert-OH is 1. The van der Waals surface area contributed by atoms with E-state index in [9.17, 15) is 14.4 Å². The summed E-state index contributed by atoms with van der Waals surface area (Å²) in [5, 5.41) is 9.06. The average molecular weight is 329 g/mol. The summed E-state index contributed by atoms with van der Waals surface area (Å²) in [5.41, 5.74) is -0.614. The fraction of sp³-hybridized carbons (Fsp3) is 0.235. The van der Waals surface area contributed by atoms with Gasteiger partial charge in [-0.05, 0) is 11.1 Å². The molecule has 7 heteroatoms. The number of benzene rings is 1. The Morgan fingerprint density at radius 3 is 1.62 bits per heavy atom. The van der Waals surface area contributed by atoms with Crippen molar-refractivity contribution in [2.45, 2.75) is 26.2 Å². The number of rotatable bonds is 7. The van der Waals surface area contributed by atoms with Crippen LogP contribution < -0.4 is 17.1 Å². The third-order valence-corrected chi connectivity index (χ3v) is 3.56. The van der Waals surface area contributed by atoms with Crippen LogP contribution in [0.5, 0.6) is 0 Å². The Morgan fingerprint density at radius 2 is 1.21 bits per heavy atom. The van der Waals surface area contributed by atoms with E-state index in [0.29, 0.717) is 5.56 Å². The third-order valence-electron chi connectivity index (χ3n) is 3.56. The number of hydrogen-bond donors (Lipinski definition) is 1. The average Bonchev–Trinajstić information content (AvgIpc) is 2.60. The quantitative estimate of drug-likeness (QED) is 0.729. The lowest BCUT2D eigenvalue weighted by Gasteiger charge is -2.12. The monoisotopic (exact) mass is 329 g/mol. The lowest BCUT2D eigenvalue weighted by Crippen LogP contribution is -2.54. The molecule has 0 saturated heterocycles. The van der Waals surface area contributed by atoms with Gasteiger partial charge < -0.3 is 5.11 Å². The Labute approximate surface area is 138 Å². The van der Waals surface area contributed by atoms with Crippen molar-refractivity contribution in [3.63, 3.8) is 0 Å². The highest BCUT2D eigenvalue weighted by atomic mass is 16.3. The van der Waals surface area contributed by atoms with Crippen LogP contribution in [0.4, 0.5) is 0 Å². The molecule has 0 aliphatic rings. The van der Waals surface area contributed by atoms with Gasteiger partial charge in [0.15, 0.2) is 0 Å². The van der Waals surface area contributed by atoms with E-state index in [2.05, 4.69) is 13.2 Å². The molecule has 0 bridgehead atoms. The smallest absolute Gasteiger partial charge is 0.336 e. The van der Waals surface area contributed by atoms with Crippen LogP contribution in [0.1, 0.15) is 11.1 Å². The standard InChI is InChI=1S/C17H19N3O4/c1-3-9-18-15(22)19(10-4-2)17(24)20(16(18)23)11-13-5-7-14(12-21)8-6-13/h3-8,21H,1-2,9-12H2. The van der Waals surface area contributed by atoms with Gasteiger partial charge in [0.25, 0.3) is 0 Å². The lowest BCUT2D eigenvalue weighted by molar-refractivity contribution is 0.282. The van der Waals surface area contributed by atoms with Crippen molar-refractivity contribution < 1.29 is 5.11 Å². The predicted octanol–water partition coefficient (Wildman–Crippen LogP) is 0.0843. The number of allylic oxidation sites excluding steroid dienone is 2. The summed E-state index contributed by atoms with van der Waals surface area (Å²) in [4.78, 5) is 37.2. The van der Waals surface area contributed by atoms with E-state index < -0.39 is 17.1 Å². The molecule has 0 unspecified atom stereocenters. The van der Waals surface area contributed by atoms with Crippen LogP contribution in [0.2, 0.25) is 0 Å². The van der Waals surface area contributed by atoms with Gasteiger partial charge in [0.2, 0.25) is 0 Å². The molecule has 0 aliphatic heterocycles. The van der Waals surface area contributed by atoms with Crippen molar-refractivity contribution in [2.24, 2.45) is 0 Å². The predicted molar refractivity (Wildman–Crippen MR) is 91.1 cm³/mol. The zero-order valence-corrected chi connectivity index (χ0v) is 13.2. The van der Waals surface area contributed by atoms with Gasteiger partial charge in [0.05, 0.1) is 26.2 Å². The van der Waals surface area contributed by atoms with Crippen LogP contribution in [-0.2, 0) is 26.2 Å². The van der Waals surface area contributed by atoms with Crippen LogP contribution in [0, 0.1) is 0 Å². The van der Waals surface area contributed by atoms with Crippen molar-refractivity contribution in [2.75, 3.05) is 0 Å². The second-order valence-electron chi connectivity index (χ2n) is 5.21. The summed E-state index contributed by atoms with van der Waals surface area (Å²) in [6.45, 7) is 7.02. The van der Waals surface area contributed by atoms with Crippen molar-refractivity contribution in [1.82, 2.24) is 13.7 Å². The molecule has 24 heavy (non-hydrogen) atoms. The fourth-order valence-corrected chi connectivity index (χ4v) is 2.32. The lowest BCUT2D eigenvalue weighted by atomic mass is 10.1. The first-order chi connectivity index (χ1) is 11.5. The van der Waals surface area contributed by atoms with Crippen LogP contribution >= 0.6 is 0 Å². The highest BCUT2D eigenvalue weighted by Gasteiger charge is 2.14. The van der Waals surface area contributed by atoms with Gasteiger partial charge in [0, 0.05) is 0 Å². The largest absolute Gasteiger partial charge is 0.392 e. The van der Waals surface area contributed by atoms with E-state index in [1.54, 1.807) is 24.3 Å². The van der Waals surface area contributed by atoms with E-state index in [1.165, 1.54) is 12.2 Å². The van der Waals surface area contributed by atoms with Gasteiger partial charge in [-0.1, -0.05) is 36.4 Å². The SMILES string of the molecule is C=CCn1c(=O)n(CC=C)c(=O)n(Cc2ccc(CO)cc2)c1=O. The molecule has 0 atom stereocenters. The summed E-state index contributed by atoms with van der Waals surface area (Å²) in [5.74, 6) is 0. The van der Waals surface area contributed by atoms with Crippen LogP contribution in [0.15, 0.2) is 64.0 Å². The van der Waals surface area contributed by atoms with Crippen molar-refractivity contribution in [1.29, 1.82) is 0 Å². The number of aromatic nitrogens is 3. The molecule has 0 amide bonds. The summed E-state index contributed by atoms with van der Waals surface area (Å²) in [6, 6.07) is 6.86. The first kappa shape index (κ1) is 17.4. The van der Waals surface area contributed by atoms with Gasteiger partial charge in [0.1, 0.15) is 0 Å². The van der Waals surface area contributed by atoms with Gasteiger partial charge in [-0.3, -0.25) is 0 Å². The van der Waals surface area contributed by atoms with Gasteiger partial charge in [-0.2, -0.15) is 0 Å². The second-order valence-corrected chi connectivity index (χ2v) is 5.21. The molecule has 7 nitrogen and oxygen atoms in total. The minimum absolute atomic E-state index is 0.0124. The second kappa shape index (κ2) is 7.56. The molecule has 2 aromatic rings. The highest BCUT2D eigenvalue weighted by molar-refractivity contribution is 5.22. The molecular weight excluding hydrogens is 310 g/mol. The molecule has 126 valence electrons. The molecule has 1 heterocycles. The Balaban J connectivity index is 2.60. The molecule has 0 saturated carbocycles. The van der Waals surface area contributed by atoms with Crippen LogP contribution in [-0.4, -0.2) is 18.8 Å². The molecular formula is C17H19N3O4. The van der Waals surface area contributed by atoms with E-state index >= 15 is 0 Å². The Morgan fingerprint density at radius 1 is 0.792 bits per heavy atom. The summed E-state index contributed by atoms with van der Waals surface area (Å²) >= 11 is 0. The molecule has 0 fully saturated rings. The Hall–Kier alpha value is -2.93. The summed E-state index contributed by atoms with van der Waals surface area (Å²) in [6.07, 6.45) is 2.85. The summed E-state index contributed by atoms with van der Waals surface area (Å²) in [7, 11) is 0. The number of aliphatic hydroxyl groups is 1. The molecule has 2 rings (SSSR count). The maximum absolute atomic E-state index is 12.5. The van der Waals surface area contributed by atoms with Crippen molar-refractivity contribution >= 4 is 0 Å². The molecule has 0 aliphatic carbocycles. The van der Waals surface area contributed by atoms with Crippen LogP contribution in [0.3, 0.4) is 0 Å². The van der Waals surface area contributed by atoms with Gasteiger partial charge in [-0.15, -0.1) is 13.2 Å². The van der Waals surface area contributed by atoms with Crippen molar-refractivity contribution in [3.8, 4) is 0 Å². The van der Waals surface area contributed by atoms with E-state index in [1.807, 2.05) is 0 Å². The van der Waals surface area contributed by atoms with Gasteiger partial charge >= 0.3 is 17.1 Å². The Kier molecular flexibility index (Phi) is 5.49. The Bertz CT molecular complexity index is 869. The van der Waals surface area contributed by atoms with Crippen molar-refractivity contribution in [3.05, 3.63) is 92.2 Å². The fourth-order valence-electron chi connectivity index (χ4n) is 2.32. The molecule has 0 spiro atoms. The van der Waals surface area contributed by atoms with Crippen LogP contribution in [0.25, 0.3) is 0 Å². The van der Waals surface area contributed by atoms with E-state index in [-0.39, 0.29) is 26.2 Å². The zero-order valence-electron chi connectivity index (χ0n) is 13.2. The maximum Gasteiger partial charge on any atom is 0.336 e. The normalized spacial score (nSPS) is 10.5. The first-order valence-corrected chi connectivity index (χ1v) is 7.38. The topological polar surface area (TPSA) is 86.2 Å². The minimum Gasteiger partial charge on any atom is -0.392 e. The van der Waals surface area contributed by atoms with Gasteiger partial charge in [-0.25, -0.2) is 28.1 Å². The third kappa shape index (κ3) is 3.36. The molecule has 1 N–H and O–H groups in total. The zero-order chi connectivity index (χ0) is 17.7. The highest BCUT2D eigenvalue weighted by Crippen LogP contribution is 2.04. The van der Waals surface area contributed by atoms with E-state index in [0.717, 1.165) is 19.3 Å². The number of hydrogen-bond acceptors (Lipinski definition) is 4. The molecule has 1 aromatic heterocycles. The number of nitrogens with zero attached hydrogens (tertiary/aromatic N) is 3. The molecule has 1 aromatic carbocycles. The molecule has 0 radical (unpaired) electrons. The maximum atomic E-state index is 12.5. The van der Waals surface area contributed by atoms with E-state index in [4.69, 9.17) is 5.11 Å². The summed E-state index contributed by atoms with van der Waals surface area (Å²) < 4.78 is 2.92. The first-order valence-electron chi connectivity index (χ1n) is 7.38. The minimum atomic E-state index is -0.684.